The van der Waals surface area contributed by atoms with Crippen molar-refractivity contribution in [1.82, 2.24) is 5.32 Å². The van der Waals surface area contributed by atoms with Gasteiger partial charge >= 0.3 is 0 Å². The fourth-order valence-corrected chi connectivity index (χ4v) is 4.06. The Labute approximate surface area is 145 Å². The minimum Gasteiger partial charge on any atom is -0.493 e. The van der Waals surface area contributed by atoms with Crippen LogP contribution in [-0.4, -0.2) is 26.7 Å². The smallest absolute Gasteiger partial charge is 0.223 e. The third-order valence-electron chi connectivity index (χ3n) is 5.33. The van der Waals surface area contributed by atoms with Crippen LogP contribution in [0.3, 0.4) is 0 Å². The quantitative estimate of drug-likeness (QED) is 0.861. The normalized spacial score (nSPS) is 22.7. The molecule has 1 saturated carbocycles. The van der Waals surface area contributed by atoms with Crippen LogP contribution in [0.1, 0.15) is 45.6 Å². The van der Waals surface area contributed by atoms with Crippen molar-refractivity contribution in [3.05, 3.63) is 23.8 Å². The maximum atomic E-state index is 12.7. The number of rotatable bonds is 6. The molecule has 134 valence electrons. The van der Waals surface area contributed by atoms with E-state index in [4.69, 9.17) is 9.47 Å². The highest BCUT2D eigenvalue weighted by Gasteiger charge is 2.41. The van der Waals surface area contributed by atoms with Crippen LogP contribution in [0.4, 0.5) is 0 Å². The van der Waals surface area contributed by atoms with Gasteiger partial charge in [-0.1, -0.05) is 33.3 Å². The molecule has 0 heterocycles. The standard InChI is InChI=1S/C20H31NO3/c1-14-7-6-11-20(2,3)18(14)19(22)21-12-10-15-8-9-16(23-4)17(13-15)24-5/h8-9,13-14,18H,6-7,10-12H2,1-5H3,(H,21,22). The molecule has 1 aromatic rings. The SMILES string of the molecule is COc1ccc(CCNC(=O)C2C(C)CCCC2(C)C)cc1OC. The number of amides is 1. The molecular formula is C20H31NO3. The average molecular weight is 333 g/mol. The Kier molecular flexibility index (Phi) is 6.14. The van der Waals surface area contributed by atoms with E-state index in [1.54, 1.807) is 14.2 Å². The summed E-state index contributed by atoms with van der Waals surface area (Å²) in [6.07, 6.45) is 4.29. The summed E-state index contributed by atoms with van der Waals surface area (Å²) in [4.78, 5) is 12.7. The molecule has 0 aliphatic heterocycles. The first-order chi connectivity index (χ1) is 11.4. The van der Waals surface area contributed by atoms with Crippen molar-refractivity contribution in [3.8, 4) is 11.5 Å². The minimum absolute atomic E-state index is 0.0884. The second-order valence-electron chi connectivity index (χ2n) is 7.57. The second-order valence-corrected chi connectivity index (χ2v) is 7.57. The number of carbonyl (C=O) groups is 1. The van der Waals surface area contributed by atoms with Crippen LogP contribution >= 0.6 is 0 Å². The molecule has 0 bridgehead atoms. The molecule has 2 rings (SSSR count). The van der Waals surface area contributed by atoms with Crippen LogP contribution in [0.5, 0.6) is 11.5 Å². The minimum atomic E-state index is 0.0884. The van der Waals surface area contributed by atoms with E-state index in [1.807, 2.05) is 18.2 Å². The Bertz CT molecular complexity index is 568. The summed E-state index contributed by atoms with van der Waals surface area (Å²) in [6.45, 7) is 7.30. The number of hydrogen-bond donors (Lipinski definition) is 1. The lowest BCUT2D eigenvalue weighted by Gasteiger charge is -2.41. The molecule has 1 aliphatic rings. The lowest BCUT2D eigenvalue weighted by Crippen LogP contribution is -2.45. The van der Waals surface area contributed by atoms with Crippen molar-refractivity contribution in [2.45, 2.75) is 46.5 Å². The van der Waals surface area contributed by atoms with Gasteiger partial charge in [0.1, 0.15) is 0 Å². The van der Waals surface area contributed by atoms with E-state index in [9.17, 15) is 4.79 Å². The number of methoxy groups -OCH3 is 2. The van der Waals surface area contributed by atoms with Gasteiger partial charge in [-0.3, -0.25) is 4.79 Å². The Hall–Kier alpha value is -1.71. The van der Waals surface area contributed by atoms with Gasteiger partial charge in [0, 0.05) is 12.5 Å². The van der Waals surface area contributed by atoms with E-state index < -0.39 is 0 Å². The molecule has 0 saturated heterocycles. The summed E-state index contributed by atoms with van der Waals surface area (Å²) in [5.74, 6) is 2.21. The second kappa shape index (κ2) is 7.91. The molecule has 24 heavy (non-hydrogen) atoms. The third kappa shape index (κ3) is 4.22. The van der Waals surface area contributed by atoms with Gasteiger partial charge in [-0.25, -0.2) is 0 Å². The predicted molar refractivity (Wildman–Crippen MR) is 96.5 cm³/mol. The van der Waals surface area contributed by atoms with Crippen LogP contribution in [-0.2, 0) is 11.2 Å². The largest absolute Gasteiger partial charge is 0.493 e. The van der Waals surface area contributed by atoms with Gasteiger partial charge in [0.25, 0.3) is 0 Å². The zero-order valence-electron chi connectivity index (χ0n) is 15.6. The number of ether oxygens (including phenoxy) is 2. The highest BCUT2D eigenvalue weighted by molar-refractivity contribution is 5.79. The average Bonchev–Trinajstić information content (AvgIpc) is 2.53. The summed E-state index contributed by atoms with van der Waals surface area (Å²) in [6, 6.07) is 5.89. The molecule has 0 spiro atoms. The lowest BCUT2D eigenvalue weighted by molar-refractivity contribution is -0.132. The molecule has 1 fully saturated rings. The van der Waals surface area contributed by atoms with E-state index in [-0.39, 0.29) is 17.2 Å². The van der Waals surface area contributed by atoms with Gasteiger partial charge in [-0.05, 0) is 48.3 Å². The van der Waals surface area contributed by atoms with Gasteiger partial charge in [-0.2, -0.15) is 0 Å². The summed E-state index contributed by atoms with van der Waals surface area (Å²) in [5, 5.41) is 3.14. The van der Waals surface area contributed by atoms with Gasteiger partial charge in [0.15, 0.2) is 11.5 Å². The number of carbonyl (C=O) groups excluding carboxylic acids is 1. The van der Waals surface area contributed by atoms with Gasteiger partial charge in [0.2, 0.25) is 5.91 Å². The van der Waals surface area contributed by atoms with Crippen LogP contribution in [0.15, 0.2) is 18.2 Å². The fraction of sp³-hybridized carbons (Fsp3) is 0.650. The Balaban J connectivity index is 1.92. The summed E-state index contributed by atoms with van der Waals surface area (Å²) in [7, 11) is 3.26. The zero-order chi connectivity index (χ0) is 17.7. The van der Waals surface area contributed by atoms with E-state index >= 15 is 0 Å². The molecule has 0 aromatic heterocycles. The first-order valence-electron chi connectivity index (χ1n) is 8.87. The lowest BCUT2D eigenvalue weighted by atomic mass is 9.64. The zero-order valence-corrected chi connectivity index (χ0v) is 15.6. The van der Waals surface area contributed by atoms with Crippen LogP contribution in [0.25, 0.3) is 0 Å². The van der Waals surface area contributed by atoms with Crippen LogP contribution < -0.4 is 14.8 Å². The first-order valence-corrected chi connectivity index (χ1v) is 8.87. The van der Waals surface area contributed by atoms with Crippen molar-refractivity contribution in [2.24, 2.45) is 17.3 Å². The van der Waals surface area contributed by atoms with Crippen LogP contribution in [0, 0.1) is 17.3 Å². The predicted octanol–water partition coefficient (Wildman–Crippen LogP) is 3.82. The van der Waals surface area contributed by atoms with Gasteiger partial charge in [0.05, 0.1) is 14.2 Å². The Morgan fingerprint density at radius 2 is 1.96 bits per heavy atom. The van der Waals surface area contributed by atoms with Gasteiger partial charge in [-0.15, -0.1) is 0 Å². The van der Waals surface area contributed by atoms with E-state index in [1.165, 1.54) is 6.42 Å². The number of benzene rings is 1. The molecule has 1 amide bonds. The molecule has 1 aromatic carbocycles. The Morgan fingerprint density at radius 3 is 2.58 bits per heavy atom. The molecular weight excluding hydrogens is 302 g/mol. The highest BCUT2D eigenvalue weighted by Crippen LogP contribution is 2.43. The topological polar surface area (TPSA) is 47.6 Å². The van der Waals surface area contributed by atoms with E-state index in [2.05, 4.69) is 26.1 Å². The number of nitrogens with one attached hydrogen (secondary N) is 1. The highest BCUT2D eigenvalue weighted by atomic mass is 16.5. The molecule has 1 aliphatic carbocycles. The molecule has 1 N–H and O–H groups in total. The van der Waals surface area contributed by atoms with E-state index in [0.717, 1.165) is 36.3 Å². The van der Waals surface area contributed by atoms with Crippen LogP contribution in [0.2, 0.25) is 0 Å². The Morgan fingerprint density at radius 1 is 1.25 bits per heavy atom. The van der Waals surface area contributed by atoms with E-state index in [0.29, 0.717) is 12.5 Å². The molecule has 2 unspecified atom stereocenters. The van der Waals surface area contributed by atoms with Crippen molar-refractivity contribution in [1.29, 1.82) is 0 Å². The molecule has 2 atom stereocenters. The van der Waals surface area contributed by atoms with Crippen molar-refractivity contribution < 1.29 is 14.3 Å². The summed E-state index contributed by atoms with van der Waals surface area (Å²) in [5.41, 5.74) is 1.22. The van der Waals surface area contributed by atoms with Crippen molar-refractivity contribution in [2.75, 3.05) is 20.8 Å². The maximum absolute atomic E-state index is 12.7. The first kappa shape index (κ1) is 18.6. The summed E-state index contributed by atoms with van der Waals surface area (Å²) < 4.78 is 10.6. The monoisotopic (exact) mass is 333 g/mol. The number of hydrogen-bond acceptors (Lipinski definition) is 3. The fourth-order valence-electron chi connectivity index (χ4n) is 4.06. The molecule has 4 heteroatoms. The summed E-state index contributed by atoms with van der Waals surface area (Å²) >= 11 is 0. The van der Waals surface area contributed by atoms with Crippen molar-refractivity contribution >= 4 is 5.91 Å². The van der Waals surface area contributed by atoms with Gasteiger partial charge < -0.3 is 14.8 Å². The third-order valence-corrected chi connectivity index (χ3v) is 5.33. The molecule has 4 nitrogen and oxygen atoms in total. The molecule has 0 radical (unpaired) electrons. The maximum Gasteiger partial charge on any atom is 0.223 e. The van der Waals surface area contributed by atoms with Crippen molar-refractivity contribution in [3.63, 3.8) is 0 Å².